The molecule has 100 valence electrons. The van der Waals surface area contributed by atoms with Crippen molar-refractivity contribution in [2.24, 2.45) is 5.73 Å². The first kappa shape index (κ1) is 13.6. The molecule has 0 radical (unpaired) electrons. The van der Waals surface area contributed by atoms with Gasteiger partial charge in [-0.2, -0.15) is 0 Å². The SMILES string of the molecule is CC(C)(NC(=O)c1cc2ccc(Br)cc2[nH]1)C(N)=O. The molecule has 6 heteroatoms. The van der Waals surface area contributed by atoms with Crippen LogP contribution in [0.5, 0.6) is 0 Å². The number of benzene rings is 1. The molecule has 0 spiro atoms. The number of H-pyrrole nitrogens is 1. The fourth-order valence-corrected chi connectivity index (χ4v) is 2.00. The molecule has 2 amide bonds. The topological polar surface area (TPSA) is 88.0 Å². The minimum atomic E-state index is -1.09. The number of halogens is 1. The van der Waals surface area contributed by atoms with Crippen LogP contribution in [0.4, 0.5) is 0 Å². The third-order valence-electron chi connectivity index (χ3n) is 2.87. The summed E-state index contributed by atoms with van der Waals surface area (Å²) < 4.78 is 0.922. The van der Waals surface area contributed by atoms with E-state index in [9.17, 15) is 9.59 Å². The van der Waals surface area contributed by atoms with Gasteiger partial charge in [0.15, 0.2) is 0 Å². The molecule has 0 aliphatic carbocycles. The third kappa shape index (κ3) is 2.78. The van der Waals surface area contributed by atoms with Gasteiger partial charge in [-0.15, -0.1) is 0 Å². The maximum atomic E-state index is 12.1. The molecule has 2 aromatic rings. The van der Waals surface area contributed by atoms with Crippen LogP contribution in [0.25, 0.3) is 10.9 Å². The number of hydrogen-bond acceptors (Lipinski definition) is 2. The number of aromatic amines is 1. The number of fused-ring (bicyclic) bond motifs is 1. The van der Waals surface area contributed by atoms with Gasteiger partial charge in [0, 0.05) is 15.4 Å². The molecule has 0 atom stereocenters. The first-order valence-electron chi connectivity index (χ1n) is 5.70. The molecule has 2 rings (SSSR count). The molecule has 19 heavy (non-hydrogen) atoms. The first-order chi connectivity index (χ1) is 8.79. The summed E-state index contributed by atoms with van der Waals surface area (Å²) in [4.78, 5) is 26.3. The molecule has 1 heterocycles. The molecule has 4 N–H and O–H groups in total. The predicted octanol–water partition coefficient (Wildman–Crippen LogP) is 1.92. The second kappa shape index (κ2) is 4.70. The lowest BCUT2D eigenvalue weighted by Crippen LogP contribution is -2.53. The van der Waals surface area contributed by atoms with Gasteiger partial charge in [-0.3, -0.25) is 9.59 Å². The zero-order valence-corrected chi connectivity index (χ0v) is 12.2. The summed E-state index contributed by atoms with van der Waals surface area (Å²) in [5.41, 5.74) is 5.37. The minimum absolute atomic E-state index is 0.365. The van der Waals surface area contributed by atoms with Crippen LogP contribution in [-0.2, 0) is 4.79 Å². The fraction of sp³-hybridized carbons (Fsp3) is 0.231. The van der Waals surface area contributed by atoms with Gasteiger partial charge in [-0.05, 0) is 32.0 Å². The molecule has 5 nitrogen and oxygen atoms in total. The summed E-state index contributed by atoms with van der Waals surface area (Å²) in [6.45, 7) is 3.12. The minimum Gasteiger partial charge on any atom is -0.368 e. The van der Waals surface area contributed by atoms with Crippen LogP contribution in [0.15, 0.2) is 28.7 Å². The highest BCUT2D eigenvalue weighted by atomic mass is 79.9. The second-order valence-electron chi connectivity index (χ2n) is 4.86. The first-order valence-corrected chi connectivity index (χ1v) is 6.49. The maximum Gasteiger partial charge on any atom is 0.268 e. The van der Waals surface area contributed by atoms with Crippen LogP contribution in [-0.4, -0.2) is 22.3 Å². The van der Waals surface area contributed by atoms with Gasteiger partial charge in [-0.25, -0.2) is 0 Å². The summed E-state index contributed by atoms with van der Waals surface area (Å²) in [5, 5.41) is 3.51. The van der Waals surface area contributed by atoms with Crippen molar-refractivity contribution < 1.29 is 9.59 Å². The zero-order chi connectivity index (χ0) is 14.2. The summed E-state index contributed by atoms with van der Waals surface area (Å²) in [6, 6.07) is 7.40. The average molecular weight is 324 g/mol. The van der Waals surface area contributed by atoms with E-state index in [0.717, 1.165) is 15.4 Å². The van der Waals surface area contributed by atoms with Crippen molar-refractivity contribution in [2.75, 3.05) is 0 Å². The number of primary amides is 1. The highest BCUT2D eigenvalue weighted by Crippen LogP contribution is 2.20. The Hall–Kier alpha value is -1.82. The van der Waals surface area contributed by atoms with Crippen LogP contribution in [0.3, 0.4) is 0 Å². The van der Waals surface area contributed by atoms with Gasteiger partial charge < -0.3 is 16.0 Å². The molecule has 1 aromatic carbocycles. The van der Waals surface area contributed by atoms with Gasteiger partial charge in [0.2, 0.25) is 5.91 Å². The maximum absolute atomic E-state index is 12.1. The van der Waals surface area contributed by atoms with Gasteiger partial charge >= 0.3 is 0 Å². The zero-order valence-electron chi connectivity index (χ0n) is 10.6. The molecule has 0 fully saturated rings. The summed E-state index contributed by atoms with van der Waals surface area (Å²) >= 11 is 3.36. The molecule has 0 saturated carbocycles. The van der Waals surface area contributed by atoms with Crippen molar-refractivity contribution in [1.29, 1.82) is 0 Å². The number of aromatic nitrogens is 1. The highest BCUT2D eigenvalue weighted by Gasteiger charge is 2.27. The molecule has 1 aromatic heterocycles. The Kier molecular flexibility index (Phi) is 3.36. The van der Waals surface area contributed by atoms with E-state index in [1.54, 1.807) is 19.9 Å². The van der Waals surface area contributed by atoms with E-state index in [2.05, 4.69) is 26.2 Å². The molecule has 0 unspecified atom stereocenters. The van der Waals surface area contributed by atoms with E-state index in [0.29, 0.717) is 5.69 Å². The largest absolute Gasteiger partial charge is 0.368 e. The average Bonchev–Trinajstić information content (AvgIpc) is 2.71. The molecular weight excluding hydrogens is 310 g/mol. The van der Waals surface area contributed by atoms with E-state index in [1.807, 2.05) is 18.2 Å². The number of hydrogen-bond donors (Lipinski definition) is 3. The molecule has 0 aliphatic heterocycles. The van der Waals surface area contributed by atoms with Crippen LogP contribution in [0.2, 0.25) is 0 Å². The summed E-state index contributed by atoms with van der Waals surface area (Å²) in [5.74, 6) is -0.948. The van der Waals surface area contributed by atoms with E-state index >= 15 is 0 Å². The Morgan fingerprint density at radius 3 is 2.63 bits per heavy atom. The van der Waals surface area contributed by atoms with Crippen molar-refractivity contribution in [3.63, 3.8) is 0 Å². The number of nitrogens with two attached hydrogens (primary N) is 1. The summed E-state index contributed by atoms with van der Waals surface area (Å²) in [6.07, 6.45) is 0. The smallest absolute Gasteiger partial charge is 0.268 e. The van der Waals surface area contributed by atoms with E-state index in [1.165, 1.54) is 0 Å². The Bertz CT molecular complexity index is 661. The standard InChI is InChI=1S/C13H14BrN3O2/c1-13(2,12(15)19)17-11(18)10-5-7-3-4-8(14)6-9(7)16-10/h3-6,16H,1-2H3,(H2,15,19)(H,17,18). The lowest BCUT2D eigenvalue weighted by Gasteiger charge is -2.21. The van der Waals surface area contributed by atoms with E-state index in [4.69, 9.17) is 5.73 Å². The van der Waals surface area contributed by atoms with Gasteiger partial charge in [0.1, 0.15) is 11.2 Å². The number of rotatable bonds is 3. The van der Waals surface area contributed by atoms with E-state index < -0.39 is 11.4 Å². The van der Waals surface area contributed by atoms with Gasteiger partial charge in [0.25, 0.3) is 5.91 Å². The third-order valence-corrected chi connectivity index (χ3v) is 3.36. The molecular formula is C13H14BrN3O2. The number of carbonyl (C=O) groups excluding carboxylic acids is 2. The summed E-state index contributed by atoms with van der Waals surface area (Å²) in [7, 11) is 0. The monoisotopic (exact) mass is 323 g/mol. The van der Waals surface area contributed by atoms with Crippen LogP contribution in [0.1, 0.15) is 24.3 Å². The Labute approximate surface area is 118 Å². The van der Waals surface area contributed by atoms with E-state index in [-0.39, 0.29) is 5.91 Å². The van der Waals surface area contributed by atoms with Crippen molar-refractivity contribution in [3.8, 4) is 0 Å². The Balaban J connectivity index is 2.29. The quantitative estimate of drug-likeness (QED) is 0.805. The van der Waals surface area contributed by atoms with Crippen LogP contribution >= 0.6 is 15.9 Å². The fourth-order valence-electron chi connectivity index (χ4n) is 1.63. The molecule has 0 aliphatic rings. The van der Waals surface area contributed by atoms with Crippen molar-refractivity contribution in [2.45, 2.75) is 19.4 Å². The van der Waals surface area contributed by atoms with Crippen molar-refractivity contribution in [1.82, 2.24) is 10.3 Å². The predicted molar refractivity (Wildman–Crippen MR) is 76.7 cm³/mol. The number of nitrogens with one attached hydrogen (secondary N) is 2. The Morgan fingerprint density at radius 2 is 2.00 bits per heavy atom. The normalized spacial score (nSPS) is 11.5. The number of amides is 2. The lowest BCUT2D eigenvalue weighted by atomic mass is 10.1. The molecule has 0 bridgehead atoms. The number of carbonyl (C=O) groups is 2. The second-order valence-corrected chi connectivity index (χ2v) is 5.77. The molecule has 0 saturated heterocycles. The van der Waals surface area contributed by atoms with Crippen LogP contribution in [0, 0.1) is 0 Å². The van der Waals surface area contributed by atoms with Crippen LogP contribution < -0.4 is 11.1 Å². The van der Waals surface area contributed by atoms with Crippen molar-refractivity contribution >= 4 is 38.6 Å². The van der Waals surface area contributed by atoms with Gasteiger partial charge in [0.05, 0.1) is 0 Å². The highest BCUT2D eigenvalue weighted by molar-refractivity contribution is 9.10. The Morgan fingerprint density at radius 1 is 1.32 bits per heavy atom. The van der Waals surface area contributed by atoms with Crippen molar-refractivity contribution in [3.05, 3.63) is 34.4 Å². The van der Waals surface area contributed by atoms with Gasteiger partial charge in [-0.1, -0.05) is 22.0 Å². The lowest BCUT2D eigenvalue weighted by molar-refractivity contribution is -0.122.